The van der Waals surface area contributed by atoms with Gasteiger partial charge in [-0.25, -0.2) is 4.39 Å². The van der Waals surface area contributed by atoms with Crippen molar-refractivity contribution in [1.29, 1.82) is 0 Å². The minimum Gasteiger partial charge on any atom is -0.473 e. The number of hydrogen-bond donors (Lipinski definition) is 1. The van der Waals surface area contributed by atoms with E-state index in [1.807, 2.05) is 0 Å². The highest BCUT2D eigenvalue weighted by Crippen LogP contribution is 2.48. The van der Waals surface area contributed by atoms with Crippen LogP contribution in [0.1, 0.15) is 43.2 Å². The van der Waals surface area contributed by atoms with E-state index in [4.69, 9.17) is 9.47 Å². The molecule has 2 saturated heterocycles. The van der Waals surface area contributed by atoms with Gasteiger partial charge in [-0.15, -0.1) is 0 Å². The summed E-state index contributed by atoms with van der Waals surface area (Å²) in [5, 5.41) is 3.47. The molecule has 3 fully saturated rings. The van der Waals surface area contributed by atoms with Crippen LogP contribution in [0.25, 0.3) is 0 Å². The fourth-order valence-electron chi connectivity index (χ4n) is 6.12. The molecule has 38 heavy (non-hydrogen) atoms. The summed E-state index contributed by atoms with van der Waals surface area (Å²) in [5.74, 6) is 0.0668. The van der Waals surface area contributed by atoms with Crippen LogP contribution in [0.2, 0.25) is 0 Å². The molecule has 0 radical (unpaired) electrons. The van der Waals surface area contributed by atoms with Crippen LogP contribution < -0.4 is 10.1 Å². The highest BCUT2D eigenvalue weighted by atomic mass is 19.4. The minimum absolute atomic E-state index is 0.00131. The Labute approximate surface area is 218 Å². The van der Waals surface area contributed by atoms with E-state index in [0.717, 1.165) is 56.6 Å². The summed E-state index contributed by atoms with van der Waals surface area (Å²) in [6.45, 7) is 2.27. The average molecular weight is 534 g/mol. The van der Waals surface area contributed by atoms with Crippen molar-refractivity contribution in [2.45, 2.75) is 62.5 Å². The lowest BCUT2D eigenvalue weighted by Crippen LogP contribution is -2.58. The molecule has 10 heteroatoms. The lowest BCUT2D eigenvalue weighted by Gasteiger charge is -2.44. The number of halogens is 4. The third-order valence-corrected chi connectivity index (χ3v) is 8.34. The van der Waals surface area contributed by atoms with Gasteiger partial charge in [0.25, 0.3) is 5.91 Å². The molecular formula is C28H31F4N3O3. The molecule has 1 amide bonds. The van der Waals surface area contributed by atoms with Crippen LogP contribution in [0.5, 0.6) is 5.75 Å². The van der Waals surface area contributed by atoms with Gasteiger partial charge in [0.15, 0.2) is 6.73 Å². The van der Waals surface area contributed by atoms with Crippen molar-refractivity contribution in [2.75, 3.05) is 31.7 Å². The first-order valence-electron chi connectivity index (χ1n) is 13.2. The van der Waals surface area contributed by atoms with E-state index in [1.165, 1.54) is 23.1 Å². The third-order valence-electron chi connectivity index (χ3n) is 8.34. The number of nitrogens with zero attached hydrogens (tertiary/aromatic N) is 2. The van der Waals surface area contributed by atoms with E-state index >= 15 is 0 Å². The Hall–Kier alpha value is -2.85. The molecule has 1 saturated carbocycles. The van der Waals surface area contributed by atoms with E-state index in [0.29, 0.717) is 24.3 Å². The predicted octanol–water partition coefficient (Wildman–Crippen LogP) is 5.04. The summed E-state index contributed by atoms with van der Waals surface area (Å²) in [6.07, 6.45) is -0.276. The number of fused-ring (bicyclic) bond motifs is 1. The van der Waals surface area contributed by atoms with Crippen molar-refractivity contribution >= 4 is 11.6 Å². The molecule has 1 aliphatic carbocycles. The molecule has 2 aromatic carbocycles. The van der Waals surface area contributed by atoms with Crippen molar-refractivity contribution in [3.05, 3.63) is 59.4 Å². The van der Waals surface area contributed by atoms with Gasteiger partial charge >= 0.3 is 6.18 Å². The number of carbonyl (C=O) groups is 1. The number of nitrogens with one attached hydrogen (secondary N) is 1. The maximum Gasteiger partial charge on any atom is 0.416 e. The number of hydrogen-bond acceptors (Lipinski definition) is 5. The van der Waals surface area contributed by atoms with Crippen molar-refractivity contribution in [3.63, 3.8) is 0 Å². The number of anilines is 1. The predicted molar refractivity (Wildman–Crippen MR) is 132 cm³/mol. The molecule has 3 atom stereocenters. The van der Waals surface area contributed by atoms with Gasteiger partial charge in [0, 0.05) is 36.4 Å². The molecule has 1 N–H and O–H groups in total. The van der Waals surface area contributed by atoms with E-state index in [2.05, 4.69) is 10.2 Å². The lowest BCUT2D eigenvalue weighted by molar-refractivity contribution is -0.179. The van der Waals surface area contributed by atoms with E-state index in [-0.39, 0.29) is 43.0 Å². The van der Waals surface area contributed by atoms with Gasteiger partial charge in [-0.3, -0.25) is 9.69 Å². The van der Waals surface area contributed by atoms with Gasteiger partial charge in [0.1, 0.15) is 17.2 Å². The standard InChI is InChI=1S/C28H31F4N3O3/c29-21-4-6-22(7-5-21)33-23-10-12-34(15-23)24-9-11-27(38-16-24,19-1-2-19)26(36)35-14-18-13-20(28(30,31)32)3-8-25(18)37-17-35/h3-8,13,19,23-24,33H,1-2,9-12,14-17H2/t23-,24?,27+/m1/s1. The number of benzene rings is 2. The van der Waals surface area contributed by atoms with Crippen LogP contribution in [-0.2, 0) is 22.3 Å². The van der Waals surface area contributed by atoms with Gasteiger partial charge in [0.05, 0.1) is 18.7 Å². The second-order valence-electron chi connectivity index (χ2n) is 10.9. The molecule has 2 aromatic rings. The highest BCUT2D eigenvalue weighted by molar-refractivity contribution is 5.86. The molecule has 3 heterocycles. The summed E-state index contributed by atoms with van der Waals surface area (Å²) in [7, 11) is 0. The van der Waals surface area contributed by atoms with Crippen molar-refractivity contribution in [2.24, 2.45) is 5.92 Å². The summed E-state index contributed by atoms with van der Waals surface area (Å²) in [6, 6.07) is 10.2. The Morgan fingerprint density at radius 3 is 2.53 bits per heavy atom. The first kappa shape index (κ1) is 25.4. The van der Waals surface area contributed by atoms with Crippen LogP contribution in [-0.4, -0.2) is 59.8 Å². The molecule has 204 valence electrons. The molecule has 3 aliphatic heterocycles. The molecule has 0 bridgehead atoms. The Morgan fingerprint density at radius 1 is 1.05 bits per heavy atom. The molecule has 6 rings (SSSR count). The second-order valence-corrected chi connectivity index (χ2v) is 10.9. The summed E-state index contributed by atoms with van der Waals surface area (Å²) < 4.78 is 65.0. The Balaban J connectivity index is 1.09. The SMILES string of the molecule is O=C(N1COc2ccc(C(F)(F)F)cc2C1)[C@@]1(C2CC2)CCC(N2CC[C@@H](Nc3ccc(F)cc3)C2)CO1. The monoisotopic (exact) mass is 533 g/mol. The topological polar surface area (TPSA) is 54.0 Å². The molecule has 4 aliphatic rings. The van der Waals surface area contributed by atoms with Gasteiger partial charge < -0.3 is 19.7 Å². The Morgan fingerprint density at radius 2 is 1.84 bits per heavy atom. The highest BCUT2D eigenvalue weighted by Gasteiger charge is 2.56. The van der Waals surface area contributed by atoms with Crippen LogP contribution >= 0.6 is 0 Å². The Kier molecular flexibility index (Phi) is 6.50. The maximum atomic E-state index is 13.8. The lowest BCUT2D eigenvalue weighted by atomic mass is 9.85. The average Bonchev–Trinajstić information content (AvgIpc) is 3.68. The van der Waals surface area contributed by atoms with Crippen LogP contribution in [0.3, 0.4) is 0 Å². The fraction of sp³-hybridized carbons (Fsp3) is 0.536. The van der Waals surface area contributed by atoms with Crippen LogP contribution in [0.4, 0.5) is 23.2 Å². The van der Waals surface area contributed by atoms with E-state index in [9.17, 15) is 22.4 Å². The normalized spacial score (nSPS) is 28.1. The molecule has 6 nitrogen and oxygen atoms in total. The van der Waals surface area contributed by atoms with Crippen molar-refractivity contribution in [3.8, 4) is 5.75 Å². The second kappa shape index (κ2) is 9.72. The molecule has 0 spiro atoms. The molecular weight excluding hydrogens is 502 g/mol. The largest absolute Gasteiger partial charge is 0.473 e. The van der Waals surface area contributed by atoms with Gasteiger partial charge in [-0.1, -0.05) is 0 Å². The van der Waals surface area contributed by atoms with E-state index in [1.54, 1.807) is 12.1 Å². The van der Waals surface area contributed by atoms with Gasteiger partial charge in [-0.2, -0.15) is 13.2 Å². The van der Waals surface area contributed by atoms with Crippen LogP contribution in [0.15, 0.2) is 42.5 Å². The number of alkyl halides is 3. The zero-order valence-corrected chi connectivity index (χ0v) is 21.0. The number of amides is 1. The van der Waals surface area contributed by atoms with Crippen LogP contribution in [0, 0.1) is 11.7 Å². The summed E-state index contributed by atoms with van der Waals surface area (Å²) in [5.41, 5.74) is -0.439. The summed E-state index contributed by atoms with van der Waals surface area (Å²) >= 11 is 0. The quantitative estimate of drug-likeness (QED) is 0.546. The first-order chi connectivity index (χ1) is 18.2. The zero-order valence-electron chi connectivity index (χ0n) is 21.0. The van der Waals surface area contributed by atoms with E-state index < -0.39 is 17.3 Å². The minimum atomic E-state index is -4.46. The first-order valence-corrected chi connectivity index (χ1v) is 13.2. The smallest absolute Gasteiger partial charge is 0.416 e. The Bertz CT molecular complexity index is 1180. The van der Waals surface area contributed by atoms with Crippen molar-refractivity contribution in [1.82, 2.24) is 9.80 Å². The number of likely N-dealkylation sites (tertiary alicyclic amines) is 1. The van der Waals surface area contributed by atoms with Gasteiger partial charge in [0.2, 0.25) is 0 Å². The maximum absolute atomic E-state index is 13.8. The number of carbonyl (C=O) groups excluding carboxylic acids is 1. The third kappa shape index (κ3) is 4.96. The van der Waals surface area contributed by atoms with Gasteiger partial charge in [-0.05, 0) is 80.5 Å². The fourth-order valence-corrected chi connectivity index (χ4v) is 6.12. The van der Waals surface area contributed by atoms with Crippen molar-refractivity contribution < 1.29 is 31.8 Å². The number of ether oxygens (including phenoxy) is 2. The number of rotatable bonds is 5. The zero-order chi connectivity index (χ0) is 26.5. The summed E-state index contributed by atoms with van der Waals surface area (Å²) in [4.78, 5) is 17.7. The molecule has 0 aromatic heterocycles. The molecule has 1 unspecified atom stereocenters.